The SMILES string of the molecule is NC[C@H]1CCCN1Cc1cccc2c1C(=O)N(C1CCC(=O)NC1=O)C2=O. The Bertz CT molecular complexity index is 837. The van der Waals surface area contributed by atoms with Crippen molar-refractivity contribution < 1.29 is 19.2 Å². The van der Waals surface area contributed by atoms with Crippen LogP contribution in [0.4, 0.5) is 0 Å². The number of piperidine rings is 1. The lowest BCUT2D eigenvalue weighted by Crippen LogP contribution is -2.54. The van der Waals surface area contributed by atoms with Gasteiger partial charge in [0.1, 0.15) is 6.04 Å². The van der Waals surface area contributed by atoms with Crippen LogP contribution in [0, 0.1) is 0 Å². The van der Waals surface area contributed by atoms with Crippen LogP contribution in [0.2, 0.25) is 0 Å². The molecule has 0 radical (unpaired) electrons. The molecule has 0 spiro atoms. The second-order valence-corrected chi connectivity index (χ2v) is 7.29. The average molecular weight is 370 g/mol. The molecule has 0 aromatic heterocycles. The molecule has 4 amide bonds. The summed E-state index contributed by atoms with van der Waals surface area (Å²) in [7, 11) is 0. The van der Waals surface area contributed by atoms with Gasteiger partial charge in [0.2, 0.25) is 11.8 Å². The van der Waals surface area contributed by atoms with Crippen molar-refractivity contribution in [3.63, 3.8) is 0 Å². The van der Waals surface area contributed by atoms with Crippen LogP contribution in [0.1, 0.15) is 52.0 Å². The highest BCUT2D eigenvalue weighted by molar-refractivity contribution is 6.24. The van der Waals surface area contributed by atoms with Gasteiger partial charge in [0.15, 0.2) is 0 Å². The zero-order valence-corrected chi connectivity index (χ0v) is 14.9. The van der Waals surface area contributed by atoms with Gasteiger partial charge < -0.3 is 5.73 Å². The van der Waals surface area contributed by atoms with Gasteiger partial charge in [-0.1, -0.05) is 12.1 Å². The Hall–Kier alpha value is -2.58. The Morgan fingerprint density at radius 2 is 1.93 bits per heavy atom. The summed E-state index contributed by atoms with van der Waals surface area (Å²) < 4.78 is 0. The van der Waals surface area contributed by atoms with Crippen molar-refractivity contribution in [2.24, 2.45) is 5.73 Å². The number of likely N-dealkylation sites (tertiary alicyclic amines) is 1. The van der Waals surface area contributed by atoms with E-state index in [-0.39, 0.29) is 24.8 Å². The first-order valence-corrected chi connectivity index (χ1v) is 9.29. The highest BCUT2D eigenvalue weighted by atomic mass is 16.2. The van der Waals surface area contributed by atoms with Crippen molar-refractivity contribution in [1.82, 2.24) is 15.1 Å². The van der Waals surface area contributed by atoms with E-state index in [1.54, 1.807) is 12.1 Å². The standard InChI is InChI=1S/C19H22N4O4/c20-9-12-4-2-8-22(12)10-11-3-1-5-13-16(11)19(27)23(18(13)26)14-6-7-15(24)21-17(14)25/h1,3,5,12,14H,2,4,6-10,20H2,(H,21,24,25)/t12-,14?/m1/s1. The summed E-state index contributed by atoms with van der Waals surface area (Å²) in [5.74, 6) is -1.90. The first-order valence-electron chi connectivity index (χ1n) is 9.29. The Balaban J connectivity index is 1.63. The molecule has 1 unspecified atom stereocenters. The molecular weight excluding hydrogens is 348 g/mol. The molecule has 142 valence electrons. The predicted molar refractivity (Wildman–Crippen MR) is 95.6 cm³/mol. The van der Waals surface area contributed by atoms with Crippen LogP contribution in [0.5, 0.6) is 0 Å². The molecule has 0 saturated carbocycles. The number of nitrogens with one attached hydrogen (secondary N) is 1. The predicted octanol–water partition coefficient (Wildman–Crippen LogP) is 0.0109. The van der Waals surface area contributed by atoms with Gasteiger partial charge in [0, 0.05) is 25.6 Å². The first kappa shape index (κ1) is 17.8. The Morgan fingerprint density at radius 3 is 2.67 bits per heavy atom. The van der Waals surface area contributed by atoms with E-state index in [2.05, 4.69) is 10.2 Å². The fourth-order valence-corrected chi connectivity index (χ4v) is 4.31. The minimum absolute atomic E-state index is 0.114. The second kappa shape index (κ2) is 6.86. The van der Waals surface area contributed by atoms with Crippen LogP contribution in [0.3, 0.4) is 0 Å². The highest BCUT2D eigenvalue weighted by Crippen LogP contribution is 2.31. The lowest BCUT2D eigenvalue weighted by molar-refractivity contribution is -0.136. The molecule has 4 rings (SSSR count). The van der Waals surface area contributed by atoms with Gasteiger partial charge in [-0.05, 0) is 37.4 Å². The first-order chi connectivity index (χ1) is 13.0. The fraction of sp³-hybridized carbons (Fsp3) is 0.474. The third-order valence-corrected chi connectivity index (χ3v) is 5.70. The van der Waals surface area contributed by atoms with Crippen LogP contribution in [-0.4, -0.2) is 58.6 Å². The molecule has 27 heavy (non-hydrogen) atoms. The summed E-state index contributed by atoms with van der Waals surface area (Å²) in [6.45, 7) is 2.02. The highest BCUT2D eigenvalue weighted by Gasteiger charge is 2.45. The molecule has 0 bridgehead atoms. The summed E-state index contributed by atoms with van der Waals surface area (Å²) in [5.41, 5.74) is 7.32. The number of carbonyl (C=O) groups excluding carboxylic acids is 4. The van der Waals surface area contributed by atoms with E-state index in [0.717, 1.165) is 29.8 Å². The summed E-state index contributed by atoms with van der Waals surface area (Å²) in [4.78, 5) is 52.7. The van der Waals surface area contributed by atoms with E-state index >= 15 is 0 Å². The number of carbonyl (C=O) groups is 4. The van der Waals surface area contributed by atoms with Crippen molar-refractivity contribution in [2.45, 2.75) is 44.3 Å². The van der Waals surface area contributed by atoms with Gasteiger partial charge in [-0.3, -0.25) is 34.3 Å². The van der Waals surface area contributed by atoms with Gasteiger partial charge >= 0.3 is 0 Å². The quantitative estimate of drug-likeness (QED) is 0.722. The number of amides is 4. The Morgan fingerprint density at radius 1 is 1.11 bits per heavy atom. The molecule has 8 nitrogen and oxygen atoms in total. The number of rotatable bonds is 4. The second-order valence-electron chi connectivity index (χ2n) is 7.29. The van der Waals surface area contributed by atoms with Gasteiger partial charge in [-0.2, -0.15) is 0 Å². The summed E-state index contributed by atoms with van der Waals surface area (Å²) in [5, 5.41) is 2.21. The smallest absolute Gasteiger partial charge is 0.262 e. The molecule has 1 aromatic rings. The Labute approximate surface area is 156 Å². The summed E-state index contributed by atoms with van der Waals surface area (Å²) in [6, 6.07) is 4.57. The minimum atomic E-state index is -0.938. The normalized spacial score (nSPS) is 25.9. The van der Waals surface area contributed by atoms with Crippen LogP contribution in [-0.2, 0) is 16.1 Å². The number of nitrogens with zero attached hydrogens (tertiary/aromatic N) is 2. The van der Waals surface area contributed by atoms with Crippen LogP contribution in [0.25, 0.3) is 0 Å². The van der Waals surface area contributed by atoms with Crippen molar-refractivity contribution >= 4 is 23.6 Å². The van der Waals surface area contributed by atoms with E-state index in [1.807, 2.05) is 6.07 Å². The molecule has 2 atom stereocenters. The maximum absolute atomic E-state index is 13.1. The van der Waals surface area contributed by atoms with Gasteiger partial charge in [0.25, 0.3) is 11.8 Å². The third kappa shape index (κ3) is 2.94. The van der Waals surface area contributed by atoms with E-state index in [0.29, 0.717) is 24.2 Å². The Kier molecular flexibility index (Phi) is 4.53. The molecular formula is C19H22N4O4. The largest absolute Gasteiger partial charge is 0.329 e. The molecule has 0 aliphatic carbocycles. The van der Waals surface area contributed by atoms with Crippen LogP contribution in [0.15, 0.2) is 18.2 Å². The number of hydrogen-bond donors (Lipinski definition) is 2. The third-order valence-electron chi connectivity index (χ3n) is 5.70. The number of hydrogen-bond acceptors (Lipinski definition) is 6. The number of benzene rings is 1. The zero-order chi connectivity index (χ0) is 19.1. The topological polar surface area (TPSA) is 113 Å². The van der Waals surface area contributed by atoms with Crippen molar-refractivity contribution in [1.29, 1.82) is 0 Å². The van der Waals surface area contributed by atoms with Crippen molar-refractivity contribution in [3.8, 4) is 0 Å². The fourth-order valence-electron chi connectivity index (χ4n) is 4.31. The van der Waals surface area contributed by atoms with E-state index in [1.165, 1.54) is 0 Å². The maximum atomic E-state index is 13.1. The van der Waals surface area contributed by atoms with E-state index in [4.69, 9.17) is 5.73 Å². The lowest BCUT2D eigenvalue weighted by atomic mass is 10.0. The van der Waals surface area contributed by atoms with E-state index < -0.39 is 23.8 Å². The molecule has 3 aliphatic heterocycles. The van der Waals surface area contributed by atoms with Gasteiger partial charge in [-0.15, -0.1) is 0 Å². The molecule has 2 saturated heterocycles. The van der Waals surface area contributed by atoms with E-state index in [9.17, 15) is 19.2 Å². The minimum Gasteiger partial charge on any atom is -0.329 e. The van der Waals surface area contributed by atoms with Crippen LogP contribution >= 0.6 is 0 Å². The number of fused-ring (bicyclic) bond motifs is 1. The van der Waals surface area contributed by atoms with Gasteiger partial charge in [0.05, 0.1) is 11.1 Å². The maximum Gasteiger partial charge on any atom is 0.262 e. The summed E-state index contributed by atoms with van der Waals surface area (Å²) >= 11 is 0. The van der Waals surface area contributed by atoms with Crippen LogP contribution < -0.4 is 11.1 Å². The van der Waals surface area contributed by atoms with Crippen molar-refractivity contribution in [2.75, 3.05) is 13.1 Å². The molecule has 2 fully saturated rings. The number of imide groups is 2. The monoisotopic (exact) mass is 370 g/mol. The molecule has 3 heterocycles. The molecule has 3 N–H and O–H groups in total. The van der Waals surface area contributed by atoms with Crippen molar-refractivity contribution in [3.05, 3.63) is 34.9 Å². The molecule has 3 aliphatic rings. The molecule has 8 heteroatoms. The zero-order valence-electron chi connectivity index (χ0n) is 14.9. The number of nitrogens with two attached hydrogens (primary N) is 1. The van der Waals surface area contributed by atoms with Gasteiger partial charge in [-0.25, -0.2) is 0 Å². The lowest BCUT2D eigenvalue weighted by Gasteiger charge is -2.28. The average Bonchev–Trinajstić information content (AvgIpc) is 3.19. The summed E-state index contributed by atoms with van der Waals surface area (Å²) in [6.07, 6.45) is 2.36. The molecule has 1 aromatic carbocycles.